The average Bonchev–Trinajstić information content (AvgIpc) is 2.94. The maximum Gasteiger partial charge on any atom is 0.231 e. The molecule has 0 amide bonds. The van der Waals surface area contributed by atoms with Crippen LogP contribution in [0.1, 0.15) is 5.56 Å². The van der Waals surface area contributed by atoms with E-state index >= 15 is 0 Å². The Balaban J connectivity index is 1.69. The van der Waals surface area contributed by atoms with E-state index in [1.807, 2.05) is 36.0 Å². The van der Waals surface area contributed by atoms with Crippen LogP contribution in [0.25, 0.3) is 0 Å². The summed E-state index contributed by atoms with van der Waals surface area (Å²) < 4.78 is 12.6. The molecule has 0 saturated carbocycles. The molecule has 2 aromatic rings. The van der Waals surface area contributed by atoms with Crippen LogP contribution in [0, 0.1) is 0 Å². The zero-order valence-corrected chi connectivity index (χ0v) is 9.64. The van der Waals surface area contributed by atoms with Crippen LogP contribution < -0.4 is 14.8 Å². The van der Waals surface area contributed by atoms with Crippen molar-refractivity contribution in [2.75, 3.05) is 12.1 Å². The number of aromatic nitrogens is 1. The zero-order valence-electron chi connectivity index (χ0n) is 9.64. The minimum atomic E-state index is 0.317. The van der Waals surface area contributed by atoms with E-state index in [2.05, 4.69) is 17.6 Å². The Bertz CT molecular complexity index is 534. The molecule has 1 aliphatic heterocycles. The lowest BCUT2D eigenvalue weighted by Crippen LogP contribution is -1.98. The maximum atomic E-state index is 5.33. The third-order valence-corrected chi connectivity index (χ3v) is 2.76. The average molecular weight is 230 g/mol. The van der Waals surface area contributed by atoms with E-state index in [0.717, 1.165) is 23.7 Å². The predicted octanol–water partition coefficient (Wildman–Crippen LogP) is 2.37. The first-order valence-corrected chi connectivity index (χ1v) is 5.56. The summed E-state index contributed by atoms with van der Waals surface area (Å²) in [6.45, 7) is 1.12. The molecule has 1 aromatic carbocycles. The summed E-state index contributed by atoms with van der Waals surface area (Å²) in [6, 6.07) is 7.98. The number of hydrogen-bond donors (Lipinski definition) is 1. The lowest BCUT2D eigenvalue weighted by molar-refractivity contribution is 0.174. The van der Waals surface area contributed by atoms with Crippen molar-refractivity contribution < 1.29 is 9.47 Å². The first-order valence-electron chi connectivity index (χ1n) is 5.56. The second-order valence-corrected chi connectivity index (χ2v) is 4.11. The first kappa shape index (κ1) is 10.1. The molecule has 0 saturated heterocycles. The van der Waals surface area contributed by atoms with Crippen molar-refractivity contribution in [1.82, 2.24) is 4.57 Å². The maximum absolute atomic E-state index is 5.33. The standard InChI is InChI=1S/C13H14N2O2/c1-15-5-4-10(8-15)7-14-11-2-3-12-13(6-11)17-9-16-12/h2-6,8,14H,7,9H2,1H3. The van der Waals surface area contributed by atoms with Crippen LogP contribution in [-0.2, 0) is 13.6 Å². The lowest BCUT2D eigenvalue weighted by atomic mass is 10.2. The third-order valence-electron chi connectivity index (χ3n) is 2.76. The topological polar surface area (TPSA) is 35.4 Å². The monoisotopic (exact) mass is 230 g/mol. The van der Waals surface area contributed by atoms with Crippen LogP contribution in [0.5, 0.6) is 11.5 Å². The molecule has 0 fully saturated rings. The molecule has 3 rings (SSSR count). The highest BCUT2D eigenvalue weighted by molar-refractivity contribution is 5.55. The van der Waals surface area contributed by atoms with E-state index in [1.165, 1.54) is 5.56 Å². The van der Waals surface area contributed by atoms with E-state index in [-0.39, 0.29) is 0 Å². The molecule has 0 atom stereocenters. The number of nitrogens with one attached hydrogen (secondary N) is 1. The fraction of sp³-hybridized carbons (Fsp3) is 0.231. The summed E-state index contributed by atoms with van der Waals surface area (Å²) in [5.41, 5.74) is 2.29. The Morgan fingerprint density at radius 1 is 1.24 bits per heavy atom. The van der Waals surface area contributed by atoms with Crippen molar-refractivity contribution in [1.29, 1.82) is 0 Å². The molecule has 2 heterocycles. The molecule has 0 aliphatic carbocycles. The van der Waals surface area contributed by atoms with Gasteiger partial charge in [0, 0.05) is 37.7 Å². The lowest BCUT2D eigenvalue weighted by Gasteiger charge is -2.05. The van der Waals surface area contributed by atoms with Gasteiger partial charge in [0.1, 0.15) is 0 Å². The smallest absolute Gasteiger partial charge is 0.231 e. The normalized spacial score (nSPS) is 12.8. The highest BCUT2D eigenvalue weighted by Gasteiger charge is 2.12. The van der Waals surface area contributed by atoms with Crippen LogP contribution >= 0.6 is 0 Å². The SMILES string of the molecule is Cn1ccc(CNc2ccc3c(c2)OCO3)c1. The van der Waals surface area contributed by atoms with Crippen molar-refractivity contribution in [3.63, 3.8) is 0 Å². The van der Waals surface area contributed by atoms with Gasteiger partial charge in [-0.05, 0) is 23.8 Å². The Morgan fingerprint density at radius 2 is 2.12 bits per heavy atom. The number of fused-ring (bicyclic) bond motifs is 1. The Hall–Kier alpha value is -2.10. The molecule has 1 aliphatic rings. The van der Waals surface area contributed by atoms with Crippen LogP contribution in [0.2, 0.25) is 0 Å². The highest BCUT2D eigenvalue weighted by Crippen LogP contribution is 2.34. The van der Waals surface area contributed by atoms with Gasteiger partial charge in [-0.15, -0.1) is 0 Å². The Kier molecular flexibility index (Phi) is 2.40. The molecule has 0 unspecified atom stereocenters. The molecule has 4 heteroatoms. The van der Waals surface area contributed by atoms with Crippen LogP contribution in [-0.4, -0.2) is 11.4 Å². The molecule has 1 N–H and O–H groups in total. The van der Waals surface area contributed by atoms with Crippen LogP contribution in [0.4, 0.5) is 5.69 Å². The predicted molar refractivity (Wildman–Crippen MR) is 65.3 cm³/mol. The molecule has 1 aromatic heterocycles. The summed E-state index contributed by atoms with van der Waals surface area (Å²) in [4.78, 5) is 0. The third kappa shape index (κ3) is 2.06. The van der Waals surface area contributed by atoms with Crippen molar-refractivity contribution in [2.24, 2.45) is 7.05 Å². The second-order valence-electron chi connectivity index (χ2n) is 4.11. The second kappa shape index (κ2) is 4.05. The van der Waals surface area contributed by atoms with Crippen LogP contribution in [0.3, 0.4) is 0 Å². The van der Waals surface area contributed by atoms with Gasteiger partial charge < -0.3 is 19.4 Å². The minimum absolute atomic E-state index is 0.317. The van der Waals surface area contributed by atoms with Crippen molar-refractivity contribution in [3.8, 4) is 11.5 Å². The summed E-state index contributed by atoms with van der Waals surface area (Å²) >= 11 is 0. The van der Waals surface area contributed by atoms with Crippen molar-refractivity contribution in [2.45, 2.75) is 6.54 Å². The van der Waals surface area contributed by atoms with Gasteiger partial charge in [0.15, 0.2) is 11.5 Å². The number of aryl methyl sites for hydroxylation is 1. The van der Waals surface area contributed by atoms with E-state index < -0.39 is 0 Å². The van der Waals surface area contributed by atoms with Crippen LogP contribution in [0.15, 0.2) is 36.7 Å². The van der Waals surface area contributed by atoms with Gasteiger partial charge >= 0.3 is 0 Å². The molecule has 4 nitrogen and oxygen atoms in total. The van der Waals surface area contributed by atoms with Gasteiger partial charge in [-0.3, -0.25) is 0 Å². The van der Waals surface area contributed by atoms with Gasteiger partial charge in [0.25, 0.3) is 0 Å². The molecular weight excluding hydrogens is 216 g/mol. The van der Waals surface area contributed by atoms with E-state index in [9.17, 15) is 0 Å². The number of rotatable bonds is 3. The zero-order chi connectivity index (χ0) is 11.7. The fourth-order valence-electron chi connectivity index (χ4n) is 1.88. The first-order chi connectivity index (χ1) is 8.31. The molecule has 88 valence electrons. The van der Waals surface area contributed by atoms with Gasteiger partial charge in [-0.2, -0.15) is 0 Å². The van der Waals surface area contributed by atoms with E-state index in [0.29, 0.717) is 6.79 Å². The van der Waals surface area contributed by atoms with Gasteiger partial charge in [-0.1, -0.05) is 0 Å². The summed E-state index contributed by atoms with van der Waals surface area (Å²) in [5.74, 6) is 1.62. The molecule has 0 radical (unpaired) electrons. The molecular formula is C13H14N2O2. The quantitative estimate of drug-likeness (QED) is 0.879. The summed E-state index contributed by atoms with van der Waals surface area (Å²) in [6.07, 6.45) is 4.14. The molecule has 17 heavy (non-hydrogen) atoms. The summed E-state index contributed by atoms with van der Waals surface area (Å²) in [5, 5.41) is 3.36. The fourth-order valence-corrected chi connectivity index (χ4v) is 1.88. The molecule has 0 spiro atoms. The number of anilines is 1. The number of hydrogen-bond acceptors (Lipinski definition) is 3. The number of benzene rings is 1. The largest absolute Gasteiger partial charge is 0.454 e. The van der Waals surface area contributed by atoms with Crippen molar-refractivity contribution in [3.05, 3.63) is 42.2 Å². The number of nitrogens with zero attached hydrogens (tertiary/aromatic N) is 1. The Morgan fingerprint density at radius 3 is 2.94 bits per heavy atom. The van der Waals surface area contributed by atoms with E-state index in [4.69, 9.17) is 9.47 Å². The highest BCUT2D eigenvalue weighted by atomic mass is 16.7. The van der Waals surface area contributed by atoms with E-state index in [1.54, 1.807) is 0 Å². The van der Waals surface area contributed by atoms with Gasteiger partial charge in [-0.25, -0.2) is 0 Å². The molecule has 0 bridgehead atoms. The minimum Gasteiger partial charge on any atom is -0.454 e. The summed E-state index contributed by atoms with van der Waals surface area (Å²) in [7, 11) is 2.02. The Labute approximate surface area is 99.8 Å². The van der Waals surface area contributed by atoms with Gasteiger partial charge in [0.05, 0.1) is 0 Å². The number of ether oxygens (including phenoxy) is 2. The van der Waals surface area contributed by atoms with Gasteiger partial charge in [0.2, 0.25) is 6.79 Å². The van der Waals surface area contributed by atoms with Crippen molar-refractivity contribution >= 4 is 5.69 Å².